The Morgan fingerprint density at radius 1 is 1.10 bits per heavy atom. The predicted molar refractivity (Wildman–Crippen MR) is 113 cm³/mol. The van der Waals surface area contributed by atoms with Gasteiger partial charge in [0.25, 0.3) is 5.91 Å². The molecule has 0 aliphatic rings. The van der Waals surface area contributed by atoms with Crippen LogP contribution in [-0.2, 0) is 0 Å². The van der Waals surface area contributed by atoms with Crippen molar-refractivity contribution in [1.82, 2.24) is 14.8 Å². The van der Waals surface area contributed by atoms with Crippen LogP contribution in [0.25, 0.3) is 11.1 Å². The van der Waals surface area contributed by atoms with Crippen LogP contribution in [0.3, 0.4) is 0 Å². The molecular weight excluding hydrogens is 368 g/mol. The molecule has 0 fully saturated rings. The van der Waals surface area contributed by atoms with E-state index in [-0.39, 0.29) is 5.91 Å². The Hall–Kier alpha value is -3.32. The Balaban J connectivity index is 1.74. The number of carbonyl (C=O) groups excluding carboxylic acids is 1. The van der Waals surface area contributed by atoms with Crippen LogP contribution < -0.4 is 14.9 Å². The summed E-state index contributed by atoms with van der Waals surface area (Å²) >= 11 is 0. The maximum absolute atomic E-state index is 12.8. The Morgan fingerprint density at radius 3 is 2.62 bits per heavy atom. The Bertz CT molecular complexity index is 938. The number of nitrogens with one attached hydrogen (secondary N) is 1. The number of hydrogen-bond acceptors (Lipinski definition) is 5. The molecule has 1 amide bonds. The smallest absolute Gasteiger partial charge is 0.277 e. The standard InChI is InChI=1S/C22H26N4O3/c1-25(2)14-7-15-29-26-20(12-13-23-26)22(27)24-19-16-18(10-11-21(19)28-3)17-8-5-4-6-9-17/h4-6,8-13,16H,7,14-15H2,1-3H3,(H,24,27). The normalized spacial score (nSPS) is 10.8. The van der Waals surface area contributed by atoms with Crippen molar-refractivity contribution in [2.45, 2.75) is 6.42 Å². The number of nitrogens with zero attached hydrogens (tertiary/aromatic N) is 3. The first-order valence-corrected chi connectivity index (χ1v) is 9.45. The summed E-state index contributed by atoms with van der Waals surface area (Å²) in [6.07, 6.45) is 2.37. The minimum Gasteiger partial charge on any atom is -0.495 e. The van der Waals surface area contributed by atoms with Crippen molar-refractivity contribution >= 4 is 11.6 Å². The number of rotatable bonds is 9. The molecule has 0 aliphatic heterocycles. The number of methoxy groups -OCH3 is 1. The molecule has 1 aromatic heterocycles. The first-order valence-electron chi connectivity index (χ1n) is 9.45. The van der Waals surface area contributed by atoms with Gasteiger partial charge in [-0.3, -0.25) is 4.79 Å². The molecule has 1 N–H and O–H groups in total. The third-order valence-electron chi connectivity index (χ3n) is 4.36. The molecule has 0 atom stereocenters. The molecule has 0 saturated carbocycles. The van der Waals surface area contributed by atoms with Crippen LogP contribution in [0.4, 0.5) is 5.69 Å². The fourth-order valence-electron chi connectivity index (χ4n) is 2.89. The van der Waals surface area contributed by atoms with Gasteiger partial charge in [0.2, 0.25) is 0 Å². The maximum Gasteiger partial charge on any atom is 0.277 e. The fourth-order valence-corrected chi connectivity index (χ4v) is 2.89. The molecular formula is C22H26N4O3. The first-order chi connectivity index (χ1) is 14.1. The average Bonchev–Trinajstić information content (AvgIpc) is 3.20. The summed E-state index contributed by atoms with van der Waals surface area (Å²) in [6.45, 7) is 1.36. The first kappa shape index (κ1) is 20.4. The van der Waals surface area contributed by atoms with Gasteiger partial charge in [0.15, 0.2) is 5.69 Å². The second-order valence-electron chi connectivity index (χ2n) is 6.81. The van der Waals surface area contributed by atoms with Gasteiger partial charge >= 0.3 is 0 Å². The molecule has 2 aromatic carbocycles. The molecule has 7 nitrogen and oxygen atoms in total. The van der Waals surface area contributed by atoms with Crippen molar-refractivity contribution in [2.75, 3.05) is 39.7 Å². The van der Waals surface area contributed by atoms with Gasteiger partial charge < -0.3 is 19.8 Å². The highest BCUT2D eigenvalue weighted by Gasteiger charge is 2.16. The van der Waals surface area contributed by atoms with Crippen molar-refractivity contribution in [2.24, 2.45) is 0 Å². The Kier molecular flexibility index (Phi) is 6.86. The quantitative estimate of drug-likeness (QED) is 0.565. The van der Waals surface area contributed by atoms with Crippen molar-refractivity contribution in [3.05, 3.63) is 66.5 Å². The molecule has 3 rings (SSSR count). The molecule has 0 unspecified atom stereocenters. The molecule has 0 radical (unpaired) electrons. The van der Waals surface area contributed by atoms with Crippen molar-refractivity contribution in [3.8, 4) is 16.9 Å². The zero-order valence-electron chi connectivity index (χ0n) is 17.0. The van der Waals surface area contributed by atoms with E-state index in [2.05, 4.69) is 15.3 Å². The predicted octanol–water partition coefficient (Wildman–Crippen LogP) is 3.19. The topological polar surface area (TPSA) is 68.6 Å². The molecule has 7 heteroatoms. The zero-order chi connectivity index (χ0) is 20.6. The molecule has 0 saturated heterocycles. The van der Waals surface area contributed by atoms with Gasteiger partial charge in [0.1, 0.15) is 12.4 Å². The van der Waals surface area contributed by atoms with E-state index in [4.69, 9.17) is 9.57 Å². The third kappa shape index (κ3) is 5.36. The lowest BCUT2D eigenvalue weighted by molar-refractivity contribution is 0.0665. The minimum absolute atomic E-state index is 0.321. The third-order valence-corrected chi connectivity index (χ3v) is 4.36. The van der Waals surface area contributed by atoms with Crippen LogP contribution in [0.5, 0.6) is 5.75 Å². The monoisotopic (exact) mass is 394 g/mol. The highest BCUT2D eigenvalue weighted by Crippen LogP contribution is 2.30. The van der Waals surface area contributed by atoms with E-state index in [1.807, 2.05) is 62.6 Å². The Morgan fingerprint density at radius 2 is 1.90 bits per heavy atom. The number of ether oxygens (including phenoxy) is 1. The molecule has 29 heavy (non-hydrogen) atoms. The van der Waals surface area contributed by atoms with Gasteiger partial charge in [-0.1, -0.05) is 41.2 Å². The minimum atomic E-state index is -0.321. The van der Waals surface area contributed by atoms with Crippen molar-refractivity contribution in [3.63, 3.8) is 0 Å². The van der Waals surface area contributed by atoms with Crippen LogP contribution >= 0.6 is 0 Å². The summed E-state index contributed by atoms with van der Waals surface area (Å²) in [6, 6.07) is 17.3. The number of hydrogen-bond donors (Lipinski definition) is 1. The SMILES string of the molecule is COc1ccc(-c2ccccc2)cc1NC(=O)c1ccnn1OCCCN(C)C. The molecule has 3 aromatic rings. The number of anilines is 1. The zero-order valence-corrected chi connectivity index (χ0v) is 17.0. The van der Waals surface area contributed by atoms with E-state index in [9.17, 15) is 4.79 Å². The van der Waals surface area contributed by atoms with Crippen molar-refractivity contribution < 1.29 is 14.4 Å². The summed E-state index contributed by atoms with van der Waals surface area (Å²) in [5.41, 5.74) is 2.94. The number of amides is 1. The van der Waals surface area contributed by atoms with Gasteiger partial charge in [-0.05, 0) is 49.8 Å². The van der Waals surface area contributed by atoms with Crippen LogP contribution in [0, 0.1) is 0 Å². The van der Waals surface area contributed by atoms with Gasteiger partial charge in [-0.25, -0.2) is 0 Å². The van der Waals surface area contributed by atoms with Gasteiger partial charge in [0, 0.05) is 6.54 Å². The number of benzene rings is 2. The van der Waals surface area contributed by atoms with Gasteiger partial charge in [-0.2, -0.15) is 0 Å². The average molecular weight is 394 g/mol. The second-order valence-corrected chi connectivity index (χ2v) is 6.81. The fraction of sp³-hybridized carbons (Fsp3) is 0.273. The Labute approximate surface area is 170 Å². The van der Waals surface area contributed by atoms with E-state index < -0.39 is 0 Å². The van der Waals surface area contributed by atoms with Gasteiger partial charge in [-0.15, -0.1) is 5.10 Å². The summed E-state index contributed by atoms with van der Waals surface area (Å²) in [7, 11) is 5.58. The van der Waals surface area contributed by atoms with Crippen LogP contribution in [-0.4, -0.2) is 55.1 Å². The second kappa shape index (κ2) is 9.75. The summed E-state index contributed by atoms with van der Waals surface area (Å²) in [4.78, 5) is 21.8. The van der Waals surface area contributed by atoms with E-state index >= 15 is 0 Å². The summed E-state index contributed by atoms with van der Waals surface area (Å²) in [5.74, 6) is 0.259. The number of aromatic nitrogens is 2. The highest BCUT2D eigenvalue weighted by atomic mass is 16.7. The lowest BCUT2D eigenvalue weighted by Crippen LogP contribution is -2.25. The van der Waals surface area contributed by atoms with Gasteiger partial charge in [0.05, 0.1) is 19.0 Å². The lowest BCUT2D eigenvalue weighted by atomic mass is 10.0. The summed E-state index contributed by atoms with van der Waals surface area (Å²) in [5, 5.41) is 7.00. The van der Waals surface area contributed by atoms with E-state index in [1.54, 1.807) is 19.4 Å². The molecule has 0 bridgehead atoms. The van der Waals surface area contributed by atoms with E-state index in [0.29, 0.717) is 23.7 Å². The van der Waals surface area contributed by atoms with Crippen LogP contribution in [0.2, 0.25) is 0 Å². The maximum atomic E-state index is 12.8. The molecule has 0 spiro atoms. The van der Waals surface area contributed by atoms with Crippen molar-refractivity contribution in [1.29, 1.82) is 0 Å². The lowest BCUT2D eigenvalue weighted by Gasteiger charge is -2.14. The largest absolute Gasteiger partial charge is 0.495 e. The number of carbonyl (C=O) groups is 1. The highest BCUT2D eigenvalue weighted by molar-refractivity contribution is 6.04. The van der Waals surface area contributed by atoms with Crippen LogP contribution in [0.1, 0.15) is 16.9 Å². The molecule has 0 aliphatic carbocycles. The summed E-state index contributed by atoms with van der Waals surface area (Å²) < 4.78 is 5.41. The molecule has 152 valence electrons. The van der Waals surface area contributed by atoms with Crippen LogP contribution in [0.15, 0.2) is 60.8 Å². The van der Waals surface area contributed by atoms with E-state index in [0.717, 1.165) is 24.1 Å². The van der Waals surface area contributed by atoms with E-state index in [1.165, 1.54) is 4.85 Å². The molecule has 1 heterocycles.